The van der Waals surface area contributed by atoms with Crippen LogP contribution in [0.1, 0.15) is 12.1 Å². The predicted octanol–water partition coefficient (Wildman–Crippen LogP) is 3.48. The molecule has 0 N–H and O–H groups in total. The van der Waals surface area contributed by atoms with Crippen molar-refractivity contribution in [1.82, 2.24) is 9.97 Å². The van der Waals surface area contributed by atoms with E-state index in [0.29, 0.717) is 0 Å². The van der Waals surface area contributed by atoms with E-state index in [1.807, 2.05) is 0 Å². The highest BCUT2D eigenvalue weighted by molar-refractivity contribution is 9.10. The van der Waals surface area contributed by atoms with Gasteiger partial charge in [-0.25, -0.2) is 18.7 Å². The zero-order chi connectivity index (χ0) is 9.30. The highest BCUT2D eigenvalue weighted by atomic mass is 79.9. The fourth-order valence-electron chi connectivity index (χ4n) is 0.554. The molecule has 2 nitrogen and oxygen atoms in total. The lowest BCUT2D eigenvalue weighted by molar-refractivity contribution is 0.145. The van der Waals surface area contributed by atoms with Gasteiger partial charge in [-0.1, -0.05) is 11.6 Å². The van der Waals surface area contributed by atoms with E-state index in [4.69, 9.17) is 23.2 Å². The molecule has 0 spiro atoms. The SMILES string of the molecule is FC(F)c1nc(Cl)nc(Cl)c1Br. The molecule has 1 aromatic rings. The van der Waals surface area contributed by atoms with Gasteiger partial charge in [0, 0.05) is 0 Å². The summed E-state index contributed by atoms with van der Waals surface area (Å²) in [6, 6.07) is 0. The molecule has 0 fully saturated rings. The van der Waals surface area contributed by atoms with Crippen LogP contribution in [0, 0.1) is 0 Å². The Labute approximate surface area is 85.0 Å². The number of rotatable bonds is 1. The van der Waals surface area contributed by atoms with Crippen LogP contribution in [0.25, 0.3) is 0 Å². The molecule has 0 amide bonds. The summed E-state index contributed by atoms with van der Waals surface area (Å²) >= 11 is 13.6. The zero-order valence-electron chi connectivity index (χ0n) is 5.36. The second kappa shape index (κ2) is 3.81. The van der Waals surface area contributed by atoms with Crippen LogP contribution in [0.5, 0.6) is 0 Å². The number of alkyl halides is 2. The molecule has 0 saturated heterocycles. The maximum absolute atomic E-state index is 12.2. The van der Waals surface area contributed by atoms with Gasteiger partial charge >= 0.3 is 0 Å². The van der Waals surface area contributed by atoms with Crippen LogP contribution >= 0.6 is 39.1 Å². The summed E-state index contributed by atoms with van der Waals surface area (Å²) in [6.45, 7) is 0. The van der Waals surface area contributed by atoms with Crippen LogP contribution in [0.2, 0.25) is 10.4 Å². The van der Waals surface area contributed by atoms with Crippen molar-refractivity contribution >= 4 is 39.1 Å². The molecule has 0 radical (unpaired) electrons. The Morgan fingerprint density at radius 1 is 1.25 bits per heavy atom. The van der Waals surface area contributed by atoms with Crippen molar-refractivity contribution in [3.63, 3.8) is 0 Å². The zero-order valence-corrected chi connectivity index (χ0v) is 8.46. The lowest BCUT2D eigenvalue weighted by atomic mass is 10.4. The van der Waals surface area contributed by atoms with Crippen molar-refractivity contribution in [2.75, 3.05) is 0 Å². The van der Waals surface area contributed by atoms with Gasteiger partial charge < -0.3 is 0 Å². The lowest BCUT2D eigenvalue weighted by Gasteiger charge is -2.02. The van der Waals surface area contributed by atoms with E-state index in [-0.39, 0.29) is 14.9 Å². The molecule has 1 aromatic heterocycles. The minimum atomic E-state index is -2.72. The van der Waals surface area contributed by atoms with E-state index in [0.717, 1.165) is 0 Å². The highest BCUT2D eigenvalue weighted by Crippen LogP contribution is 2.30. The molecule has 0 aliphatic rings. The van der Waals surface area contributed by atoms with Crippen LogP contribution in [0.15, 0.2) is 4.47 Å². The minimum Gasteiger partial charge on any atom is -0.216 e. The van der Waals surface area contributed by atoms with E-state index < -0.39 is 12.1 Å². The fourth-order valence-corrected chi connectivity index (χ4v) is 1.30. The Balaban J connectivity index is 3.28. The molecule has 0 aliphatic heterocycles. The molecule has 12 heavy (non-hydrogen) atoms. The van der Waals surface area contributed by atoms with E-state index in [1.54, 1.807) is 0 Å². The molecule has 66 valence electrons. The average Bonchev–Trinajstić information content (AvgIpc) is 1.96. The molecule has 1 heterocycles. The third kappa shape index (κ3) is 2.02. The van der Waals surface area contributed by atoms with Gasteiger partial charge in [0.25, 0.3) is 6.43 Å². The molecule has 0 bridgehead atoms. The first-order valence-electron chi connectivity index (χ1n) is 2.69. The van der Waals surface area contributed by atoms with Crippen LogP contribution in [0.3, 0.4) is 0 Å². The maximum Gasteiger partial charge on any atom is 0.281 e. The number of hydrogen-bond acceptors (Lipinski definition) is 2. The highest BCUT2D eigenvalue weighted by Gasteiger charge is 2.17. The number of aromatic nitrogens is 2. The summed E-state index contributed by atoms with van der Waals surface area (Å²) in [5.74, 6) is 0. The van der Waals surface area contributed by atoms with E-state index in [9.17, 15) is 8.78 Å². The van der Waals surface area contributed by atoms with Crippen LogP contribution in [0.4, 0.5) is 8.78 Å². The lowest BCUT2D eigenvalue weighted by Crippen LogP contribution is -1.95. The third-order valence-electron chi connectivity index (χ3n) is 1.02. The topological polar surface area (TPSA) is 25.8 Å². The molecule has 0 unspecified atom stereocenters. The van der Waals surface area contributed by atoms with Gasteiger partial charge in [-0.3, -0.25) is 0 Å². The van der Waals surface area contributed by atoms with Crippen molar-refractivity contribution in [2.45, 2.75) is 6.43 Å². The summed E-state index contributed by atoms with van der Waals surface area (Å²) in [7, 11) is 0. The van der Waals surface area contributed by atoms with Gasteiger partial charge in [0.05, 0.1) is 4.47 Å². The monoisotopic (exact) mass is 276 g/mol. The van der Waals surface area contributed by atoms with Crippen LogP contribution in [-0.4, -0.2) is 9.97 Å². The average molecular weight is 278 g/mol. The summed E-state index contributed by atoms with van der Waals surface area (Å²) in [4.78, 5) is 6.76. The standard InChI is InChI=1S/C5HBrCl2F2N2/c6-1-2(4(9)10)11-5(8)12-3(1)7/h4H. The van der Waals surface area contributed by atoms with E-state index >= 15 is 0 Å². The summed E-state index contributed by atoms with van der Waals surface area (Å²) in [6.07, 6.45) is -2.72. The number of hydrogen-bond donors (Lipinski definition) is 0. The molecule has 0 aromatic carbocycles. The maximum atomic E-state index is 12.2. The Bertz CT molecular complexity index is 308. The van der Waals surface area contributed by atoms with Crippen LogP contribution in [-0.2, 0) is 0 Å². The van der Waals surface area contributed by atoms with E-state index in [1.165, 1.54) is 0 Å². The molecule has 1 rings (SSSR count). The Hall–Kier alpha value is -0.000000000000000167. The van der Waals surface area contributed by atoms with Gasteiger partial charge in [-0.15, -0.1) is 0 Å². The summed E-state index contributed by atoms with van der Waals surface area (Å²) in [5.41, 5.74) is -0.500. The van der Waals surface area contributed by atoms with Gasteiger partial charge in [0.15, 0.2) is 0 Å². The Morgan fingerprint density at radius 3 is 2.33 bits per heavy atom. The van der Waals surface area contributed by atoms with Crippen LogP contribution < -0.4 is 0 Å². The van der Waals surface area contributed by atoms with Crippen molar-refractivity contribution in [1.29, 1.82) is 0 Å². The third-order valence-corrected chi connectivity index (χ3v) is 2.47. The smallest absolute Gasteiger partial charge is 0.216 e. The van der Waals surface area contributed by atoms with Crippen molar-refractivity contribution < 1.29 is 8.78 Å². The first-order chi connectivity index (χ1) is 5.52. The normalized spacial score (nSPS) is 10.8. The summed E-state index contributed by atoms with van der Waals surface area (Å²) in [5, 5.41) is -0.413. The minimum absolute atomic E-state index is 0.0245. The van der Waals surface area contributed by atoms with Crippen molar-refractivity contribution in [2.24, 2.45) is 0 Å². The number of halogens is 5. The number of nitrogens with zero attached hydrogens (tertiary/aromatic N) is 2. The first kappa shape index (κ1) is 10.1. The second-order valence-corrected chi connectivity index (χ2v) is 3.27. The molecule has 0 aliphatic carbocycles. The van der Waals surface area contributed by atoms with Gasteiger partial charge in [-0.2, -0.15) is 0 Å². The van der Waals surface area contributed by atoms with E-state index in [2.05, 4.69) is 25.9 Å². The second-order valence-electron chi connectivity index (χ2n) is 1.78. The Kier molecular flexibility index (Phi) is 3.20. The Morgan fingerprint density at radius 2 is 1.83 bits per heavy atom. The molecule has 0 atom stereocenters. The van der Waals surface area contributed by atoms with Gasteiger partial charge in [-0.05, 0) is 27.5 Å². The van der Waals surface area contributed by atoms with Crippen molar-refractivity contribution in [3.8, 4) is 0 Å². The fraction of sp³-hybridized carbons (Fsp3) is 0.200. The largest absolute Gasteiger partial charge is 0.281 e. The predicted molar refractivity (Wildman–Crippen MR) is 44.7 cm³/mol. The van der Waals surface area contributed by atoms with Gasteiger partial charge in [0.1, 0.15) is 10.8 Å². The molecular formula is C5HBrCl2F2N2. The first-order valence-corrected chi connectivity index (χ1v) is 4.24. The summed E-state index contributed by atoms with van der Waals surface area (Å²) < 4.78 is 24.3. The van der Waals surface area contributed by atoms with Gasteiger partial charge in [0.2, 0.25) is 5.28 Å². The molecular weight excluding hydrogens is 277 g/mol. The quantitative estimate of drug-likeness (QED) is 0.580. The van der Waals surface area contributed by atoms with Crippen molar-refractivity contribution in [3.05, 3.63) is 20.6 Å². The molecule has 7 heteroatoms. The molecule has 0 saturated carbocycles.